The van der Waals surface area contributed by atoms with Gasteiger partial charge in [-0.1, -0.05) is 12.1 Å². The van der Waals surface area contributed by atoms with Crippen LogP contribution in [-0.4, -0.2) is 35.8 Å². The van der Waals surface area contributed by atoms with Crippen LogP contribution >= 0.6 is 0 Å². The van der Waals surface area contributed by atoms with E-state index in [1.807, 2.05) is 53.7 Å². The van der Waals surface area contributed by atoms with E-state index < -0.39 is 11.9 Å². The Hall–Kier alpha value is -3.29. The van der Waals surface area contributed by atoms with Crippen LogP contribution < -0.4 is 20.2 Å². The lowest BCUT2D eigenvalue weighted by molar-refractivity contribution is -0.409. The lowest BCUT2D eigenvalue weighted by Gasteiger charge is -2.18. The molecule has 1 saturated heterocycles. The minimum Gasteiger partial charge on any atom is -0.550 e. The Bertz CT molecular complexity index is 687. The standard InChI is InChI=1S/C16H17N3O.2C2H4O2/c20-16(19-11-5-6-12-19)15(13-7-1-3-9-17-13)14-8-2-4-10-18-14;2*1-2(3)4/h1-4,7-10,15H,5-6,11-12H2;2*1H3,(H,3,4). The smallest absolute Gasteiger partial charge is 0.247 e. The van der Waals surface area contributed by atoms with Gasteiger partial charge in [-0.05, 0) is 26.7 Å². The van der Waals surface area contributed by atoms with Crippen LogP contribution in [-0.2, 0) is 14.4 Å². The summed E-state index contributed by atoms with van der Waals surface area (Å²) in [7, 11) is 0. The van der Waals surface area contributed by atoms with Gasteiger partial charge >= 0.3 is 0 Å². The molecule has 0 saturated carbocycles. The van der Waals surface area contributed by atoms with Gasteiger partial charge in [0.25, 0.3) is 0 Å². The molecule has 8 heteroatoms. The molecular weight excluding hydrogens is 362 g/mol. The molecule has 0 radical (unpaired) electrons. The number of hydrogen-bond acceptors (Lipinski definition) is 5. The molecule has 1 aliphatic heterocycles. The first-order valence-electron chi connectivity index (χ1n) is 8.90. The van der Waals surface area contributed by atoms with E-state index >= 15 is 0 Å². The Kier molecular flexibility index (Phi) is 9.88. The van der Waals surface area contributed by atoms with Crippen molar-refractivity contribution in [1.29, 1.82) is 0 Å². The second kappa shape index (κ2) is 12.2. The van der Waals surface area contributed by atoms with Crippen molar-refractivity contribution >= 4 is 17.8 Å². The Morgan fingerprint density at radius 3 is 1.57 bits per heavy atom. The number of aliphatic carboxylic acids is 2. The molecule has 0 unspecified atom stereocenters. The third-order valence-corrected chi connectivity index (χ3v) is 3.75. The summed E-state index contributed by atoms with van der Waals surface area (Å²) >= 11 is 0. The quantitative estimate of drug-likeness (QED) is 0.638. The van der Waals surface area contributed by atoms with Crippen molar-refractivity contribution in [3.05, 3.63) is 60.2 Å². The summed E-state index contributed by atoms with van der Waals surface area (Å²) in [5.41, 5.74) is 1.85. The Morgan fingerprint density at radius 1 is 0.857 bits per heavy atom. The average molecular weight is 387 g/mol. The lowest BCUT2D eigenvalue weighted by atomic mass is 9.98. The van der Waals surface area contributed by atoms with E-state index in [-0.39, 0.29) is 11.8 Å². The lowest BCUT2D eigenvalue weighted by Crippen LogP contribution is -2.37. The summed E-state index contributed by atoms with van der Waals surface area (Å²) in [6.45, 7) is 3.68. The number of carboxylic acids is 2. The number of carbonyl (C=O) groups is 3. The highest BCUT2D eigenvalue weighted by atomic mass is 16.4. The maximum Gasteiger partial charge on any atom is 0.247 e. The zero-order chi connectivity index (χ0) is 20.9. The molecule has 28 heavy (non-hydrogen) atoms. The van der Waals surface area contributed by atoms with Crippen LogP contribution in [0.3, 0.4) is 0 Å². The van der Waals surface area contributed by atoms with Crippen LogP contribution in [0.5, 0.6) is 0 Å². The van der Waals surface area contributed by atoms with Crippen molar-refractivity contribution < 1.29 is 34.6 Å². The van der Waals surface area contributed by atoms with Crippen molar-refractivity contribution in [3.8, 4) is 0 Å². The Labute approximate surface area is 163 Å². The van der Waals surface area contributed by atoms with Gasteiger partial charge in [0.1, 0.15) is 0 Å². The van der Waals surface area contributed by atoms with Gasteiger partial charge in [0.05, 0.1) is 0 Å². The van der Waals surface area contributed by atoms with Crippen LogP contribution in [0.4, 0.5) is 0 Å². The van der Waals surface area contributed by atoms with Gasteiger partial charge < -0.3 is 24.7 Å². The largest absolute Gasteiger partial charge is 0.550 e. The summed E-state index contributed by atoms with van der Waals surface area (Å²) in [6, 6.07) is 11.7. The van der Waals surface area contributed by atoms with E-state index in [1.165, 1.54) is 0 Å². The SMILES string of the molecule is CC(=O)[O-].CC(=O)[O-].O=C(C(c1cccc[nH+]1)c1cccc[nH+]1)N1CCCC1. The number of carbonyl (C=O) groups excluding carboxylic acids is 3. The number of rotatable bonds is 3. The molecule has 1 aliphatic rings. The second-order valence-corrected chi connectivity index (χ2v) is 6.08. The highest BCUT2D eigenvalue weighted by molar-refractivity contribution is 5.85. The topological polar surface area (TPSA) is 129 Å². The molecule has 2 aromatic heterocycles. The van der Waals surface area contributed by atoms with Gasteiger partial charge in [0, 0.05) is 49.3 Å². The zero-order valence-electron chi connectivity index (χ0n) is 16.0. The highest BCUT2D eigenvalue weighted by Gasteiger charge is 2.36. The van der Waals surface area contributed by atoms with Gasteiger partial charge in [0.2, 0.25) is 23.2 Å². The third kappa shape index (κ3) is 8.39. The average Bonchev–Trinajstić information content (AvgIpc) is 3.17. The van der Waals surface area contributed by atoms with Crippen molar-refractivity contribution in [2.24, 2.45) is 0 Å². The summed E-state index contributed by atoms with van der Waals surface area (Å²) < 4.78 is 0. The number of amides is 1. The van der Waals surface area contributed by atoms with Crippen molar-refractivity contribution in [1.82, 2.24) is 4.90 Å². The van der Waals surface area contributed by atoms with Crippen LogP contribution in [0.1, 0.15) is 44.0 Å². The molecule has 2 aromatic rings. The van der Waals surface area contributed by atoms with E-state index in [0.717, 1.165) is 51.2 Å². The molecule has 1 fully saturated rings. The Balaban J connectivity index is 0.000000420. The normalized spacial score (nSPS) is 12.3. The molecule has 150 valence electrons. The molecule has 1 amide bonds. The van der Waals surface area contributed by atoms with Crippen LogP contribution in [0.2, 0.25) is 0 Å². The predicted molar refractivity (Wildman–Crippen MR) is 95.0 cm³/mol. The summed E-state index contributed by atoms with van der Waals surface area (Å²) in [4.78, 5) is 39.0. The van der Waals surface area contributed by atoms with Gasteiger partial charge in [0.15, 0.2) is 12.4 Å². The van der Waals surface area contributed by atoms with E-state index in [0.29, 0.717) is 0 Å². The molecule has 3 rings (SSSR count). The maximum atomic E-state index is 12.8. The molecule has 0 bridgehead atoms. The fourth-order valence-corrected chi connectivity index (χ4v) is 2.73. The number of nitrogens with one attached hydrogen (secondary N) is 2. The number of nitrogens with zero attached hydrogens (tertiary/aromatic N) is 1. The number of likely N-dealkylation sites (tertiary alicyclic amines) is 1. The predicted octanol–water partition coefficient (Wildman–Crippen LogP) is -1.42. The number of pyridine rings is 2. The molecular formula is C20H25N3O5. The first-order valence-corrected chi connectivity index (χ1v) is 8.90. The van der Waals surface area contributed by atoms with Crippen molar-refractivity contribution in [3.63, 3.8) is 0 Å². The summed E-state index contributed by atoms with van der Waals surface area (Å²) in [5, 5.41) is 17.8. The molecule has 0 aliphatic carbocycles. The van der Waals surface area contributed by atoms with Crippen LogP contribution in [0.15, 0.2) is 48.8 Å². The van der Waals surface area contributed by atoms with E-state index in [4.69, 9.17) is 19.8 Å². The van der Waals surface area contributed by atoms with Gasteiger partial charge in [-0.3, -0.25) is 4.79 Å². The first-order chi connectivity index (χ1) is 13.3. The minimum absolute atomic E-state index is 0.174. The van der Waals surface area contributed by atoms with Gasteiger partial charge in [-0.25, -0.2) is 9.97 Å². The van der Waals surface area contributed by atoms with Crippen LogP contribution in [0, 0.1) is 0 Å². The molecule has 0 aromatic carbocycles. The molecule has 2 N–H and O–H groups in total. The minimum atomic E-state index is -1.08. The van der Waals surface area contributed by atoms with E-state index in [9.17, 15) is 4.79 Å². The van der Waals surface area contributed by atoms with Crippen molar-refractivity contribution in [2.75, 3.05) is 13.1 Å². The number of aromatic amines is 2. The number of carboxylic acid groups (broad SMARTS) is 2. The fourth-order valence-electron chi connectivity index (χ4n) is 2.73. The molecule has 8 nitrogen and oxygen atoms in total. The molecule has 3 heterocycles. The molecule has 0 atom stereocenters. The number of aromatic nitrogens is 2. The number of H-pyrrole nitrogens is 2. The second-order valence-electron chi connectivity index (χ2n) is 6.08. The number of hydrogen-bond donors (Lipinski definition) is 0. The van der Waals surface area contributed by atoms with Crippen LogP contribution in [0.25, 0.3) is 0 Å². The summed E-state index contributed by atoms with van der Waals surface area (Å²) in [5.74, 6) is -2.28. The third-order valence-electron chi connectivity index (χ3n) is 3.75. The highest BCUT2D eigenvalue weighted by Crippen LogP contribution is 2.23. The maximum absolute atomic E-state index is 12.8. The van der Waals surface area contributed by atoms with Gasteiger partial charge in [-0.2, -0.15) is 0 Å². The Morgan fingerprint density at radius 2 is 1.25 bits per heavy atom. The van der Waals surface area contributed by atoms with Gasteiger partial charge in [-0.15, -0.1) is 0 Å². The zero-order valence-corrected chi connectivity index (χ0v) is 16.0. The first kappa shape index (κ1) is 22.8. The van der Waals surface area contributed by atoms with Crippen molar-refractivity contribution in [2.45, 2.75) is 32.6 Å². The monoisotopic (exact) mass is 387 g/mol. The van der Waals surface area contributed by atoms with E-state index in [1.54, 1.807) is 0 Å². The summed E-state index contributed by atoms with van der Waals surface area (Å²) in [6.07, 6.45) is 5.94. The molecule has 0 spiro atoms. The van der Waals surface area contributed by atoms with E-state index in [2.05, 4.69) is 9.97 Å². The fraction of sp³-hybridized carbons (Fsp3) is 0.350.